The molecule has 0 aliphatic heterocycles. The molecule has 0 amide bonds. The number of nitrogens with one attached hydrogen (secondary N) is 1. The highest BCUT2D eigenvalue weighted by atomic mass is 19.3. The van der Waals surface area contributed by atoms with Crippen LogP contribution in [0.4, 0.5) is 19.1 Å². The Kier molecular flexibility index (Phi) is 5.54. The standard InChI is InChI=1S/C22H24F3N7O2/c1-22(33)7-5-13(6-8-22)26-21-27-20(34-2)19-18(14(23)10-32(19)29-21)12-3-4-15-16(9-12)31(30-28-15)11-17(24)25/h3-4,9-10,13,17,33H,5-8,11H2,1-2H3,(H,26,29)/t13-,22+. The van der Waals surface area contributed by atoms with Gasteiger partial charge in [0.25, 0.3) is 6.43 Å². The van der Waals surface area contributed by atoms with Crippen molar-refractivity contribution in [2.45, 2.75) is 57.2 Å². The minimum Gasteiger partial charge on any atom is -0.479 e. The Morgan fingerprint density at radius 3 is 2.76 bits per heavy atom. The molecular formula is C22H24F3N7O2. The van der Waals surface area contributed by atoms with Gasteiger partial charge < -0.3 is 15.2 Å². The third-order valence-electron chi connectivity index (χ3n) is 6.26. The van der Waals surface area contributed by atoms with E-state index in [9.17, 15) is 13.9 Å². The lowest BCUT2D eigenvalue weighted by molar-refractivity contribution is 0.0195. The van der Waals surface area contributed by atoms with Gasteiger partial charge in [0.05, 0.1) is 30.0 Å². The quantitative estimate of drug-likeness (QED) is 0.439. The van der Waals surface area contributed by atoms with Crippen LogP contribution in [-0.2, 0) is 6.54 Å². The van der Waals surface area contributed by atoms with Crippen molar-refractivity contribution in [2.24, 2.45) is 0 Å². The lowest BCUT2D eigenvalue weighted by atomic mass is 9.84. The molecule has 2 N–H and O–H groups in total. The van der Waals surface area contributed by atoms with E-state index in [1.807, 2.05) is 6.92 Å². The molecular weight excluding hydrogens is 451 g/mol. The first-order chi connectivity index (χ1) is 16.2. The maximum Gasteiger partial charge on any atom is 0.258 e. The van der Waals surface area contributed by atoms with Gasteiger partial charge in [-0.05, 0) is 50.3 Å². The van der Waals surface area contributed by atoms with Crippen LogP contribution in [0.5, 0.6) is 5.88 Å². The number of fused-ring (bicyclic) bond motifs is 2. The molecule has 180 valence electrons. The van der Waals surface area contributed by atoms with Crippen molar-refractivity contribution in [3.63, 3.8) is 0 Å². The summed E-state index contributed by atoms with van der Waals surface area (Å²) in [4.78, 5) is 4.44. The molecule has 0 saturated heterocycles. The molecule has 12 heteroatoms. The Bertz CT molecular complexity index is 1340. The highest BCUT2D eigenvalue weighted by Gasteiger charge is 2.29. The van der Waals surface area contributed by atoms with Gasteiger partial charge in [-0.2, -0.15) is 4.98 Å². The van der Waals surface area contributed by atoms with Crippen molar-refractivity contribution in [3.8, 4) is 17.0 Å². The summed E-state index contributed by atoms with van der Waals surface area (Å²) in [7, 11) is 1.43. The maximum absolute atomic E-state index is 15.2. The number of methoxy groups -OCH3 is 1. The Balaban J connectivity index is 1.53. The fraction of sp³-hybridized carbons (Fsp3) is 0.455. The maximum atomic E-state index is 15.2. The van der Waals surface area contributed by atoms with E-state index in [0.29, 0.717) is 35.0 Å². The zero-order valence-corrected chi connectivity index (χ0v) is 18.7. The molecule has 9 nitrogen and oxygen atoms in total. The van der Waals surface area contributed by atoms with Crippen LogP contribution in [0.1, 0.15) is 32.6 Å². The minimum atomic E-state index is -2.60. The lowest BCUT2D eigenvalue weighted by Gasteiger charge is -2.33. The monoisotopic (exact) mass is 475 g/mol. The molecule has 4 aromatic rings. The molecule has 34 heavy (non-hydrogen) atoms. The average Bonchev–Trinajstić information content (AvgIpc) is 3.33. The van der Waals surface area contributed by atoms with Gasteiger partial charge in [0.15, 0.2) is 5.82 Å². The van der Waals surface area contributed by atoms with Gasteiger partial charge in [0, 0.05) is 6.04 Å². The summed E-state index contributed by atoms with van der Waals surface area (Å²) in [6, 6.07) is 4.88. The molecule has 5 rings (SSSR count). The molecule has 3 aromatic heterocycles. The Labute approximate surface area is 192 Å². The fourth-order valence-electron chi connectivity index (χ4n) is 4.45. The predicted molar refractivity (Wildman–Crippen MR) is 119 cm³/mol. The van der Waals surface area contributed by atoms with E-state index in [1.54, 1.807) is 18.2 Å². The van der Waals surface area contributed by atoms with Crippen LogP contribution < -0.4 is 10.1 Å². The number of rotatable bonds is 6. The molecule has 0 spiro atoms. The summed E-state index contributed by atoms with van der Waals surface area (Å²) in [5, 5.41) is 25.5. The van der Waals surface area contributed by atoms with E-state index in [1.165, 1.54) is 17.8 Å². The normalized spacial score (nSPS) is 21.0. The highest BCUT2D eigenvalue weighted by molar-refractivity contribution is 5.89. The van der Waals surface area contributed by atoms with Gasteiger partial charge in [0.1, 0.15) is 17.6 Å². The number of benzene rings is 1. The summed E-state index contributed by atoms with van der Waals surface area (Å²) in [5.41, 5.74) is 1.05. The zero-order chi connectivity index (χ0) is 24.0. The van der Waals surface area contributed by atoms with Crippen LogP contribution >= 0.6 is 0 Å². The molecule has 1 aliphatic rings. The average molecular weight is 475 g/mol. The molecule has 0 atom stereocenters. The van der Waals surface area contributed by atoms with E-state index in [4.69, 9.17) is 4.74 Å². The smallest absolute Gasteiger partial charge is 0.258 e. The second kappa shape index (κ2) is 8.42. The molecule has 3 heterocycles. The first-order valence-electron chi connectivity index (χ1n) is 11.0. The van der Waals surface area contributed by atoms with Crippen molar-refractivity contribution in [1.29, 1.82) is 0 Å². The van der Waals surface area contributed by atoms with E-state index < -0.39 is 24.4 Å². The molecule has 0 unspecified atom stereocenters. The molecule has 1 aliphatic carbocycles. The predicted octanol–water partition coefficient (Wildman–Crippen LogP) is 3.66. The molecule has 0 bridgehead atoms. The van der Waals surface area contributed by atoms with Gasteiger partial charge in [-0.3, -0.25) is 0 Å². The minimum absolute atomic E-state index is 0.0762. The topological polar surface area (TPSA) is 102 Å². The molecule has 1 saturated carbocycles. The third-order valence-corrected chi connectivity index (χ3v) is 6.26. The summed E-state index contributed by atoms with van der Waals surface area (Å²) in [6.45, 7) is 1.21. The molecule has 0 radical (unpaired) electrons. The van der Waals surface area contributed by atoms with Crippen LogP contribution in [0, 0.1) is 5.82 Å². The summed E-state index contributed by atoms with van der Waals surface area (Å²) in [6.07, 6.45) is 1.45. The van der Waals surface area contributed by atoms with E-state index in [-0.39, 0.29) is 23.4 Å². The van der Waals surface area contributed by atoms with Crippen molar-refractivity contribution >= 4 is 22.5 Å². The van der Waals surface area contributed by atoms with Crippen LogP contribution in [0.3, 0.4) is 0 Å². The highest BCUT2D eigenvalue weighted by Crippen LogP contribution is 2.36. The number of halogens is 3. The number of aliphatic hydroxyl groups is 1. The van der Waals surface area contributed by atoms with Crippen LogP contribution in [-0.4, -0.2) is 59.9 Å². The number of aromatic nitrogens is 6. The van der Waals surface area contributed by atoms with Gasteiger partial charge in [-0.25, -0.2) is 22.4 Å². The van der Waals surface area contributed by atoms with Crippen molar-refractivity contribution < 1.29 is 23.0 Å². The largest absolute Gasteiger partial charge is 0.479 e. The SMILES string of the molecule is COc1nc(N[C@H]2CC[C@@](C)(O)CC2)nn2cc(F)c(-c3ccc4nnn(CC(F)F)c4c3)c12. The number of alkyl halides is 2. The van der Waals surface area contributed by atoms with Crippen LogP contribution in [0.25, 0.3) is 27.7 Å². The third kappa shape index (κ3) is 4.13. The molecule has 1 aromatic carbocycles. The first kappa shape index (κ1) is 22.4. The van der Waals surface area contributed by atoms with Gasteiger partial charge in [-0.1, -0.05) is 11.3 Å². The second-order valence-corrected chi connectivity index (χ2v) is 8.87. The van der Waals surface area contributed by atoms with Gasteiger partial charge in [0.2, 0.25) is 11.8 Å². The molecule has 1 fully saturated rings. The van der Waals surface area contributed by atoms with Crippen LogP contribution in [0.15, 0.2) is 24.4 Å². The van der Waals surface area contributed by atoms with Crippen LogP contribution in [0.2, 0.25) is 0 Å². The van der Waals surface area contributed by atoms with Crippen molar-refractivity contribution in [1.82, 2.24) is 29.6 Å². The Morgan fingerprint density at radius 1 is 1.29 bits per heavy atom. The summed E-state index contributed by atoms with van der Waals surface area (Å²) >= 11 is 0. The Morgan fingerprint density at radius 2 is 2.06 bits per heavy atom. The second-order valence-electron chi connectivity index (χ2n) is 8.87. The van der Waals surface area contributed by atoms with Crippen molar-refractivity contribution in [3.05, 3.63) is 30.2 Å². The van der Waals surface area contributed by atoms with E-state index in [0.717, 1.165) is 17.5 Å². The lowest BCUT2D eigenvalue weighted by Crippen LogP contribution is -2.36. The summed E-state index contributed by atoms with van der Waals surface area (Å²) < 4.78 is 48.9. The zero-order valence-electron chi connectivity index (χ0n) is 18.7. The first-order valence-corrected chi connectivity index (χ1v) is 11.0. The number of anilines is 1. The number of nitrogens with zero attached hydrogens (tertiary/aromatic N) is 6. The number of ether oxygens (including phenoxy) is 1. The van der Waals surface area contributed by atoms with Gasteiger partial charge in [-0.15, -0.1) is 10.2 Å². The van der Waals surface area contributed by atoms with Gasteiger partial charge >= 0.3 is 0 Å². The van der Waals surface area contributed by atoms with Crippen molar-refractivity contribution in [2.75, 3.05) is 12.4 Å². The fourth-order valence-corrected chi connectivity index (χ4v) is 4.45. The Hall–Kier alpha value is -3.41. The number of hydrogen-bond donors (Lipinski definition) is 2. The summed E-state index contributed by atoms with van der Waals surface area (Å²) in [5.74, 6) is -0.115. The number of hydrogen-bond acceptors (Lipinski definition) is 7. The van der Waals surface area contributed by atoms with E-state index in [2.05, 4.69) is 25.7 Å². The van der Waals surface area contributed by atoms with E-state index >= 15 is 4.39 Å².